The Labute approximate surface area is 491 Å². The average molecular weight is 1120 g/mol. The largest absolute Gasteiger partial charge is 0.456 e. The van der Waals surface area contributed by atoms with Crippen LogP contribution in [0, 0.1) is 0 Å². The lowest BCUT2D eigenvalue weighted by Crippen LogP contribution is -2.75. The molecule has 0 fully saturated rings. The number of thiophene rings is 1. The van der Waals surface area contributed by atoms with E-state index in [2.05, 4.69) is 325 Å². The van der Waals surface area contributed by atoms with Gasteiger partial charge in [-0.05, 0) is 96.1 Å². The minimum absolute atomic E-state index is 0.874. The topological polar surface area (TPSA) is 23.0 Å². The van der Waals surface area contributed by atoms with Gasteiger partial charge < -0.3 is 13.6 Å². The van der Waals surface area contributed by atoms with Crippen LogP contribution in [0.3, 0.4) is 0 Å². The predicted molar refractivity (Wildman–Crippen MR) is 363 cm³/mol. The van der Waals surface area contributed by atoms with E-state index in [-0.39, 0.29) is 0 Å². The summed E-state index contributed by atoms with van der Waals surface area (Å²) in [6, 6.07) is 118. The highest BCUT2D eigenvalue weighted by Crippen LogP contribution is 2.42. The molecule has 13 aromatic carbocycles. The molecule has 0 atom stereocenters. The average Bonchev–Trinajstić information content (AvgIpc) is 1.63. The van der Waals surface area contributed by atoms with E-state index in [0.717, 1.165) is 44.3 Å². The number of benzene rings is 13. The molecule has 0 amide bonds. The van der Waals surface area contributed by atoms with Crippen molar-refractivity contribution in [1.82, 2.24) is 9.13 Å². The Bertz CT molecular complexity index is 5240. The van der Waals surface area contributed by atoms with Crippen molar-refractivity contribution in [3.63, 3.8) is 0 Å². The quantitative estimate of drug-likeness (QED) is 0.0989. The second-order valence-electron chi connectivity index (χ2n) is 22.2. The van der Waals surface area contributed by atoms with Crippen LogP contribution in [0.4, 0.5) is 0 Å². The molecule has 394 valence electrons. The van der Waals surface area contributed by atoms with Gasteiger partial charge in [-0.2, -0.15) is 0 Å². The zero-order valence-electron chi connectivity index (χ0n) is 45.7. The third-order valence-corrected chi connectivity index (χ3v) is 29.1. The van der Waals surface area contributed by atoms with Crippen molar-refractivity contribution in [2.24, 2.45) is 0 Å². The maximum Gasteiger partial charge on any atom is 0.184 e. The molecule has 3 nitrogen and oxygen atoms in total. The maximum absolute atomic E-state index is 7.34. The minimum Gasteiger partial charge on any atom is -0.456 e. The summed E-state index contributed by atoms with van der Waals surface area (Å²) in [6.07, 6.45) is 0. The number of para-hydroxylation sites is 3. The summed E-state index contributed by atoms with van der Waals surface area (Å²) in [7, 11) is -6.16. The van der Waals surface area contributed by atoms with Gasteiger partial charge >= 0.3 is 0 Å². The Kier molecular flexibility index (Phi) is 11.1. The van der Waals surface area contributed by atoms with Crippen molar-refractivity contribution in [2.75, 3.05) is 0 Å². The Morgan fingerprint density at radius 1 is 0.286 bits per heavy atom. The highest BCUT2D eigenvalue weighted by atomic mass is 32.1. The molecule has 0 unspecified atom stereocenters. The Hall–Kier alpha value is -10.1. The van der Waals surface area contributed by atoms with Gasteiger partial charge in [-0.15, -0.1) is 11.3 Å². The first-order chi connectivity index (χ1) is 41.7. The van der Waals surface area contributed by atoms with Gasteiger partial charge in [-0.25, -0.2) is 0 Å². The minimum atomic E-state index is -3.13. The normalized spacial score (nSPS) is 12.3. The number of hydrogen-bond donors (Lipinski definition) is 0. The van der Waals surface area contributed by atoms with Gasteiger partial charge in [-0.1, -0.05) is 261 Å². The Morgan fingerprint density at radius 3 is 1.40 bits per heavy atom. The summed E-state index contributed by atoms with van der Waals surface area (Å²) in [5.41, 5.74) is 8.65. The monoisotopic (exact) mass is 1120 g/mol. The van der Waals surface area contributed by atoms with Crippen molar-refractivity contribution in [2.45, 2.75) is 0 Å². The summed E-state index contributed by atoms with van der Waals surface area (Å²) in [5, 5.41) is 20.4. The van der Waals surface area contributed by atoms with Crippen molar-refractivity contribution in [3.05, 3.63) is 315 Å². The van der Waals surface area contributed by atoms with Gasteiger partial charge in [0.15, 0.2) is 16.1 Å². The molecular weight excluding hydrogens is 1070 g/mol. The van der Waals surface area contributed by atoms with Gasteiger partial charge in [0, 0.05) is 52.8 Å². The third-order valence-electron chi connectivity index (χ3n) is 18.0. The van der Waals surface area contributed by atoms with E-state index < -0.39 is 16.1 Å². The van der Waals surface area contributed by atoms with Crippen LogP contribution >= 0.6 is 11.3 Å². The van der Waals surface area contributed by atoms with Crippen LogP contribution in [0.5, 0.6) is 0 Å². The molecule has 0 N–H and O–H groups in total. The second kappa shape index (κ2) is 19.3. The van der Waals surface area contributed by atoms with E-state index in [9.17, 15) is 0 Å². The second-order valence-corrected chi connectivity index (χ2v) is 30.7. The van der Waals surface area contributed by atoms with Crippen LogP contribution in [-0.4, -0.2) is 25.3 Å². The molecule has 0 spiro atoms. The van der Waals surface area contributed by atoms with Crippen LogP contribution in [0.15, 0.2) is 320 Å². The summed E-state index contributed by atoms with van der Waals surface area (Å²) in [5.74, 6) is 0. The smallest absolute Gasteiger partial charge is 0.184 e. The molecule has 4 aromatic heterocycles. The lowest BCUT2D eigenvalue weighted by atomic mass is 10.1. The SMILES string of the molecule is c1ccc([Si](c2ccccc2)(c2ccccc2)c2ccc(-n3c4ccccc4c4cc(-n5c6ccccc6c6c([Si](c7ccccc7)(c7ccccc7)c7cccc8c7sc7ccccc78)cccc65)ccc43)c3c2oc2ccccc23)cc1. The fourth-order valence-corrected chi connectivity index (χ4v) is 26.3. The van der Waals surface area contributed by atoms with Gasteiger partial charge in [0.2, 0.25) is 0 Å². The van der Waals surface area contributed by atoms with E-state index in [1.54, 1.807) is 0 Å². The number of hydrogen-bond acceptors (Lipinski definition) is 2. The number of nitrogens with zero attached hydrogens (tertiary/aromatic N) is 2. The molecule has 0 radical (unpaired) electrons. The molecule has 17 aromatic rings. The Morgan fingerprint density at radius 2 is 0.762 bits per heavy atom. The molecule has 0 bridgehead atoms. The van der Waals surface area contributed by atoms with Crippen molar-refractivity contribution < 1.29 is 4.42 Å². The molecule has 4 heterocycles. The first-order valence-electron chi connectivity index (χ1n) is 28.9. The van der Waals surface area contributed by atoms with E-state index in [0.29, 0.717) is 0 Å². The summed E-state index contributed by atoms with van der Waals surface area (Å²) >= 11 is 1.94. The number of rotatable bonds is 10. The lowest BCUT2D eigenvalue weighted by molar-refractivity contribution is 0.671. The van der Waals surface area contributed by atoms with Crippen LogP contribution in [0.1, 0.15) is 0 Å². The molecule has 0 aliphatic heterocycles. The fraction of sp³-hybridized carbons (Fsp3) is 0. The van der Waals surface area contributed by atoms with Crippen LogP contribution in [0.2, 0.25) is 0 Å². The number of aromatic nitrogens is 2. The van der Waals surface area contributed by atoms with E-state index in [4.69, 9.17) is 4.42 Å². The number of fused-ring (bicyclic) bond motifs is 12. The zero-order chi connectivity index (χ0) is 55.3. The third kappa shape index (κ3) is 6.96. The van der Waals surface area contributed by atoms with Crippen molar-refractivity contribution >= 4 is 155 Å². The molecule has 0 aliphatic carbocycles. The predicted octanol–water partition coefficient (Wildman–Crippen LogP) is 14.9. The molecule has 17 rings (SSSR count). The van der Waals surface area contributed by atoms with Gasteiger partial charge in [0.1, 0.15) is 11.2 Å². The zero-order valence-corrected chi connectivity index (χ0v) is 48.5. The highest BCUT2D eigenvalue weighted by molar-refractivity contribution is 7.31. The molecular formula is C78H52N2OSSi2. The maximum atomic E-state index is 7.34. The number of furan rings is 1. The van der Waals surface area contributed by atoms with E-state index in [1.807, 2.05) is 11.3 Å². The molecule has 0 saturated heterocycles. The first kappa shape index (κ1) is 48.6. The lowest BCUT2D eigenvalue weighted by Gasteiger charge is -2.35. The summed E-state index contributed by atoms with van der Waals surface area (Å²) < 4.78 is 15.0. The van der Waals surface area contributed by atoms with E-state index in [1.165, 1.54) is 94.2 Å². The van der Waals surface area contributed by atoms with Crippen LogP contribution in [-0.2, 0) is 0 Å². The van der Waals surface area contributed by atoms with Gasteiger partial charge in [0.05, 0.1) is 33.1 Å². The standard InChI is InChI=1S/C78H52N2OSSi2/c1-6-26-54(27-7-1)83(55-28-8-2-9-29-55,56-30-10-3-11-31-56)73-51-50-69(76-63-39-18-22-44-70(63)81-77(73)76)80-65-41-20-16-36-59(65)64-52-53(48-49-67(64)80)79-66-42-21-17-38-62(66)75-68(79)43-25-46-72(75)84(57-32-12-4-13-33-57,58-34-14-5-15-35-58)74-47-24-40-61-60-37-19-23-45-71(60)82-78(61)74/h1-52H. The summed E-state index contributed by atoms with van der Waals surface area (Å²) in [6.45, 7) is 0. The summed E-state index contributed by atoms with van der Waals surface area (Å²) in [4.78, 5) is 0. The Balaban J connectivity index is 0.928. The van der Waals surface area contributed by atoms with Crippen molar-refractivity contribution in [3.8, 4) is 11.4 Å². The van der Waals surface area contributed by atoms with Crippen molar-refractivity contribution in [1.29, 1.82) is 0 Å². The molecule has 84 heavy (non-hydrogen) atoms. The fourth-order valence-electron chi connectivity index (χ4n) is 14.6. The first-order valence-corrected chi connectivity index (χ1v) is 33.7. The van der Waals surface area contributed by atoms with Gasteiger partial charge in [-0.3, -0.25) is 0 Å². The van der Waals surface area contributed by atoms with E-state index >= 15 is 0 Å². The highest BCUT2D eigenvalue weighted by Gasteiger charge is 2.46. The van der Waals surface area contributed by atoms with Crippen LogP contribution < -0.4 is 41.5 Å². The molecule has 6 heteroatoms. The van der Waals surface area contributed by atoms with Gasteiger partial charge in [0.25, 0.3) is 0 Å². The molecule has 0 aliphatic rings. The van der Waals surface area contributed by atoms with Crippen LogP contribution in [0.25, 0.3) is 97.1 Å². The molecule has 0 saturated carbocycles.